The van der Waals surface area contributed by atoms with Crippen molar-refractivity contribution in [2.45, 2.75) is 0 Å². The first kappa shape index (κ1) is 15.8. The fraction of sp³-hybridized carbons (Fsp3) is 0. The minimum Gasteiger partial charge on any atom is -0.477 e. The van der Waals surface area contributed by atoms with Crippen LogP contribution >= 0.6 is 39.1 Å². The molecule has 2 rings (SSSR count). The first-order valence-electron chi connectivity index (χ1n) is 5.54. The van der Waals surface area contributed by atoms with Crippen LogP contribution in [0.4, 0.5) is 5.69 Å². The molecule has 1 amide bonds. The smallest absolute Gasteiger partial charge is 0.354 e. The van der Waals surface area contributed by atoms with Gasteiger partial charge in [0.2, 0.25) is 0 Å². The molecular formula is C13H7BrCl2N2O3. The number of rotatable bonds is 3. The lowest BCUT2D eigenvalue weighted by atomic mass is 10.2. The molecule has 0 unspecified atom stereocenters. The number of nitrogens with one attached hydrogen (secondary N) is 1. The summed E-state index contributed by atoms with van der Waals surface area (Å²) < 4.78 is 0.601. The highest BCUT2D eigenvalue weighted by Gasteiger charge is 2.14. The molecule has 2 aromatic rings. The summed E-state index contributed by atoms with van der Waals surface area (Å²) in [5.41, 5.74) is 0.253. The first-order valence-corrected chi connectivity index (χ1v) is 7.09. The van der Waals surface area contributed by atoms with Crippen LogP contribution in [0.1, 0.15) is 20.8 Å². The van der Waals surface area contributed by atoms with Crippen molar-refractivity contribution in [3.05, 3.63) is 56.2 Å². The molecule has 1 heterocycles. The second kappa shape index (κ2) is 6.43. The van der Waals surface area contributed by atoms with E-state index in [2.05, 4.69) is 26.2 Å². The lowest BCUT2D eigenvalue weighted by molar-refractivity contribution is 0.0690. The number of aromatic carboxylic acids is 1. The molecule has 0 aliphatic carbocycles. The van der Waals surface area contributed by atoms with Crippen LogP contribution in [-0.4, -0.2) is 22.0 Å². The summed E-state index contributed by atoms with van der Waals surface area (Å²) in [7, 11) is 0. The molecule has 0 aliphatic heterocycles. The molecule has 0 aliphatic rings. The van der Waals surface area contributed by atoms with Crippen LogP contribution in [0.15, 0.2) is 34.9 Å². The van der Waals surface area contributed by atoms with Gasteiger partial charge in [0.15, 0.2) is 0 Å². The average molecular weight is 390 g/mol. The summed E-state index contributed by atoms with van der Waals surface area (Å²) in [6.07, 6.45) is 1.24. The zero-order valence-corrected chi connectivity index (χ0v) is 13.3. The van der Waals surface area contributed by atoms with Crippen molar-refractivity contribution in [2.24, 2.45) is 0 Å². The predicted octanol–water partition coefficient (Wildman–Crippen LogP) is 4.10. The third kappa shape index (κ3) is 3.53. The number of nitrogens with zero attached hydrogens (tertiary/aromatic N) is 1. The molecule has 5 nitrogen and oxygen atoms in total. The highest BCUT2D eigenvalue weighted by Crippen LogP contribution is 2.35. The maximum absolute atomic E-state index is 12.1. The van der Waals surface area contributed by atoms with Crippen molar-refractivity contribution in [1.82, 2.24) is 4.98 Å². The van der Waals surface area contributed by atoms with E-state index in [1.807, 2.05) is 0 Å². The van der Waals surface area contributed by atoms with Crippen LogP contribution in [0.25, 0.3) is 0 Å². The van der Waals surface area contributed by atoms with Gasteiger partial charge in [-0.15, -0.1) is 0 Å². The molecule has 1 aromatic heterocycles. The maximum atomic E-state index is 12.1. The second-order valence-electron chi connectivity index (χ2n) is 3.91. The number of carboxylic acid groups (broad SMARTS) is 1. The van der Waals surface area contributed by atoms with Gasteiger partial charge in [0.05, 0.1) is 15.7 Å². The minimum absolute atomic E-state index is 0.150. The van der Waals surface area contributed by atoms with Crippen molar-refractivity contribution in [3.63, 3.8) is 0 Å². The minimum atomic E-state index is -1.21. The van der Waals surface area contributed by atoms with Crippen LogP contribution in [0.2, 0.25) is 10.0 Å². The number of carboxylic acids is 1. The van der Waals surface area contributed by atoms with E-state index >= 15 is 0 Å². The molecule has 0 atom stereocenters. The van der Waals surface area contributed by atoms with Crippen LogP contribution in [0, 0.1) is 0 Å². The van der Waals surface area contributed by atoms with Crippen molar-refractivity contribution in [1.29, 1.82) is 0 Å². The quantitative estimate of drug-likeness (QED) is 0.774. The number of pyridine rings is 1. The van der Waals surface area contributed by atoms with Gasteiger partial charge in [-0.2, -0.15) is 0 Å². The van der Waals surface area contributed by atoms with Crippen LogP contribution < -0.4 is 5.32 Å². The largest absolute Gasteiger partial charge is 0.477 e. The van der Waals surface area contributed by atoms with Crippen LogP contribution in [0.5, 0.6) is 0 Å². The summed E-state index contributed by atoms with van der Waals surface area (Å²) >= 11 is 15.2. The van der Waals surface area contributed by atoms with Gasteiger partial charge < -0.3 is 10.4 Å². The van der Waals surface area contributed by atoms with Gasteiger partial charge in [-0.05, 0) is 40.2 Å². The summed E-state index contributed by atoms with van der Waals surface area (Å²) in [6, 6.07) is 5.79. The van der Waals surface area contributed by atoms with Gasteiger partial charge in [0.1, 0.15) is 5.69 Å². The average Bonchev–Trinajstić information content (AvgIpc) is 2.48. The van der Waals surface area contributed by atoms with Crippen molar-refractivity contribution in [3.8, 4) is 0 Å². The molecule has 0 spiro atoms. The predicted molar refractivity (Wildman–Crippen MR) is 83.3 cm³/mol. The first-order chi connectivity index (χ1) is 9.90. The van der Waals surface area contributed by atoms with Gasteiger partial charge in [0, 0.05) is 16.2 Å². The molecule has 0 radical (unpaired) electrons. The van der Waals surface area contributed by atoms with E-state index < -0.39 is 11.9 Å². The molecule has 0 saturated carbocycles. The Balaban J connectivity index is 2.28. The normalized spacial score (nSPS) is 10.2. The van der Waals surface area contributed by atoms with E-state index in [0.717, 1.165) is 0 Å². The van der Waals surface area contributed by atoms with E-state index in [1.54, 1.807) is 12.1 Å². The summed E-state index contributed by atoms with van der Waals surface area (Å²) in [5.74, 6) is -1.73. The van der Waals surface area contributed by atoms with E-state index in [-0.39, 0.29) is 21.3 Å². The number of hydrogen-bond donors (Lipinski definition) is 2. The third-order valence-corrected chi connectivity index (χ3v) is 4.30. The topological polar surface area (TPSA) is 79.3 Å². The highest BCUT2D eigenvalue weighted by molar-refractivity contribution is 9.10. The van der Waals surface area contributed by atoms with Crippen molar-refractivity contribution >= 4 is 56.7 Å². The molecule has 2 N–H and O–H groups in total. The van der Waals surface area contributed by atoms with E-state index in [9.17, 15) is 9.59 Å². The number of carbonyl (C=O) groups is 2. The van der Waals surface area contributed by atoms with Gasteiger partial charge in [-0.3, -0.25) is 4.79 Å². The van der Waals surface area contributed by atoms with Gasteiger partial charge in [0.25, 0.3) is 5.91 Å². The Morgan fingerprint density at radius 1 is 1.19 bits per heavy atom. The summed E-state index contributed by atoms with van der Waals surface area (Å²) in [4.78, 5) is 26.6. The molecule has 0 fully saturated rings. The summed E-state index contributed by atoms with van der Waals surface area (Å²) in [6.45, 7) is 0. The number of aromatic nitrogens is 1. The van der Waals surface area contributed by atoms with Crippen LogP contribution in [-0.2, 0) is 0 Å². The monoisotopic (exact) mass is 388 g/mol. The number of anilines is 1. The highest BCUT2D eigenvalue weighted by atomic mass is 79.9. The molecular weight excluding hydrogens is 383 g/mol. The van der Waals surface area contributed by atoms with Gasteiger partial charge in [-0.1, -0.05) is 23.2 Å². The lowest BCUT2D eigenvalue weighted by Gasteiger charge is -2.09. The Hall–Kier alpha value is -1.63. The van der Waals surface area contributed by atoms with Crippen molar-refractivity contribution in [2.75, 3.05) is 5.32 Å². The standard InChI is InChI=1S/C13H7BrCl2N2O3/c14-7-1-2-8(11(16)10(7)15)18-12(19)6-3-4-17-9(5-6)13(20)21/h1-5H,(H,18,19)(H,20,21). The summed E-state index contributed by atoms with van der Waals surface area (Å²) in [5, 5.41) is 11.9. The fourth-order valence-corrected chi connectivity index (χ4v) is 2.33. The molecule has 21 heavy (non-hydrogen) atoms. The molecule has 8 heteroatoms. The Bertz CT molecular complexity index is 737. The number of halogens is 3. The molecule has 108 valence electrons. The van der Waals surface area contributed by atoms with E-state index in [4.69, 9.17) is 28.3 Å². The zero-order chi connectivity index (χ0) is 15.6. The van der Waals surface area contributed by atoms with E-state index in [0.29, 0.717) is 10.2 Å². The van der Waals surface area contributed by atoms with Crippen molar-refractivity contribution < 1.29 is 14.7 Å². The number of hydrogen-bond acceptors (Lipinski definition) is 3. The Morgan fingerprint density at radius 3 is 2.57 bits per heavy atom. The Morgan fingerprint density at radius 2 is 1.90 bits per heavy atom. The fourth-order valence-electron chi connectivity index (χ4n) is 1.51. The Kier molecular flexibility index (Phi) is 4.82. The molecule has 0 bridgehead atoms. The zero-order valence-electron chi connectivity index (χ0n) is 10.2. The lowest BCUT2D eigenvalue weighted by Crippen LogP contribution is -2.13. The molecule has 1 aromatic carbocycles. The number of carbonyl (C=O) groups excluding carboxylic acids is 1. The molecule has 0 saturated heterocycles. The van der Waals surface area contributed by atoms with Gasteiger partial charge in [-0.25, -0.2) is 9.78 Å². The van der Waals surface area contributed by atoms with Crippen LogP contribution in [0.3, 0.4) is 0 Å². The van der Waals surface area contributed by atoms with E-state index in [1.165, 1.54) is 18.3 Å². The van der Waals surface area contributed by atoms with Gasteiger partial charge >= 0.3 is 5.97 Å². The maximum Gasteiger partial charge on any atom is 0.354 e. The third-order valence-electron chi connectivity index (χ3n) is 2.52. The number of amides is 1. The number of benzene rings is 1. The Labute approximate surface area is 138 Å². The second-order valence-corrected chi connectivity index (χ2v) is 5.52. The SMILES string of the molecule is O=C(Nc1ccc(Br)c(Cl)c1Cl)c1ccnc(C(=O)O)c1.